The van der Waals surface area contributed by atoms with Gasteiger partial charge < -0.3 is 4.74 Å². The third kappa shape index (κ3) is 5.61. The smallest absolute Gasteiger partial charge is 0.261 e. The number of carbonyl (C=O) groups excluding carboxylic acids is 1. The Hall–Kier alpha value is -3.61. The van der Waals surface area contributed by atoms with Crippen molar-refractivity contribution in [2.45, 2.75) is 11.5 Å². The van der Waals surface area contributed by atoms with Crippen LogP contribution in [0, 0.1) is 0 Å². The summed E-state index contributed by atoms with van der Waals surface area (Å²) >= 11 is 6.08. The van der Waals surface area contributed by atoms with Crippen LogP contribution in [0.2, 0.25) is 5.02 Å². The van der Waals surface area contributed by atoms with Gasteiger partial charge in [-0.3, -0.25) is 9.52 Å². The van der Waals surface area contributed by atoms with Gasteiger partial charge in [-0.2, -0.15) is 0 Å². The molecule has 4 rings (SSSR count). The molecule has 0 radical (unpaired) electrons. The molecule has 33 heavy (non-hydrogen) atoms. The maximum atomic E-state index is 13.0. The van der Waals surface area contributed by atoms with Crippen LogP contribution in [0.25, 0.3) is 0 Å². The summed E-state index contributed by atoms with van der Waals surface area (Å²) in [6.45, 7) is 0.376. The molecule has 0 aliphatic carbocycles. The predicted octanol–water partition coefficient (Wildman–Crippen LogP) is 5.95. The minimum atomic E-state index is -3.95. The molecular formula is C26H20ClNO4S. The van der Waals surface area contributed by atoms with E-state index in [-0.39, 0.29) is 21.9 Å². The summed E-state index contributed by atoms with van der Waals surface area (Å²) < 4.78 is 34.2. The lowest BCUT2D eigenvalue weighted by Crippen LogP contribution is -2.16. The summed E-state index contributed by atoms with van der Waals surface area (Å²) in [5.41, 5.74) is 1.76. The first kappa shape index (κ1) is 22.6. The Kier molecular flexibility index (Phi) is 6.77. The van der Waals surface area contributed by atoms with Gasteiger partial charge in [-0.1, -0.05) is 72.3 Å². The van der Waals surface area contributed by atoms with Crippen molar-refractivity contribution in [2.24, 2.45) is 0 Å². The van der Waals surface area contributed by atoms with Crippen LogP contribution < -0.4 is 9.46 Å². The first-order chi connectivity index (χ1) is 15.9. The zero-order chi connectivity index (χ0) is 23.3. The van der Waals surface area contributed by atoms with Crippen molar-refractivity contribution in [3.8, 4) is 5.75 Å². The molecule has 4 aromatic rings. The third-order valence-corrected chi connectivity index (χ3v) is 6.51. The van der Waals surface area contributed by atoms with Crippen molar-refractivity contribution >= 4 is 33.1 Å². The molecule has 0 spiro atoms. The molecule has 7 heteroatoms. The SMILES string of the molecule is O=C(c1ccccc1)c1cc(Cl)ccc1NS(=O)(=O)c1ccc(OCc2ccccc2)cc1. The van der Waals surface area contributed by atoms with E-state index in [4.69, 9.17) is 16.3 Å². The number of carbonyl (C=O) groups is 1. The largest absolute Gasteiger partial charge is 0.489 e. The summed E-state index contributed by atoms with van der Waals surface area (Å²) in [6, 6.07) is 28.8. The van der Waals surface area contributed by atoms with Gasteiger partial charge in [-0.15, -0.1) is 0 Å². The molecule has 0 unspecified atom stereocenters. The van der Waals surface area contributed by atoms with Gasteiger partial charge in [0, 0.05) is 16.1 Å². The molecule has 1 N–H and O–H groups in total. The summed E-state index contributed by atoms with van der Waals surface area (Å²) in [4.78, 5) is 13.0. The number of sulfonamides is 1. The van der Waals surface area contributed by atoms with E-state index in [2.05, 4.69) is 4.72 Å². The summed E-state index contributed by atoms with van der Waals surface area (Å²) in [5.74, 6) is 0.213. The van der Waals surface area contributed by atoms with Crippen molar-refractivity contribution in [1.82, 2.24) is 0 Å². The van der Waals surface area contributed by atoms with Crippen LogP contribution in [0.5, 0.6) is 5.75 Å². The molecule has 0 fully saturated rings. The van der Waals surface area contributed by atoms with Gasteiger partial charge in [0.2, 0.25) is 0 Å². The highest BCUT2D eigenvalue weighted by molar-refractivity contribution is 7.92. The highest BCUT2D eigenvalue weighted by Crippen LogP contribution is 2.27. The highest BCUT2D eigenvalue weighted by Gasteiger charge is 2.20. The number of ether oxygens (including phenoxy) is 1. The van der Waals surface area contributed by atoms with Crippen LogP contribution in [0.3, 0.4) is 0 Å². The van der Waals surface area contributed by atoms with E-state index in [1.165, 1.54) is 30.3 Å². The van der Waals surface area contributed by atoms with Crippen molar-refractivity contribution in [3.05, 3.63) is 125 Å². The Morgan fingerprint density at radius 1 is 0.818 bits per heavy atom. The van der Waals surface area contributed by atoms with Crippen LogP contribution in [-0.4, -0.2) is 14.2 Å². The zero-order valence-corrected chi connectivity index (χ0v) is 19.0. The van der Waals surface area contributed by atoms with Gasteiger partial charge in [0.15, 0.2) is 5.78 Å². The van der Waals surface area contributed by atoms with Crippen molar-refractivity contribution in [3.63, 3.8) is 0 Å². The second-order valence-corrected chi connectivity index (χ2v) is 9.36. The fraction of sp³-hybridized carbons (Fsp3) is 0.0385. The van der Waals surface area contributed by atoms with Gasteiger partial charge >= 0.3 is 0 Å². The van der Waals surface area contributed by atoms with Crippen LogP contribution in [0.1, 0.15) is 21.5 Å². The Labute approximate surface area is 197 Å². The number of ketones is 1. The second-order valence-electron chi connectivity index (χ2n) is 7.24. The molecule has 4 aromatic carbocycles. The number of hydrogen-bond acceptors (Lipinski definition) is 4. The maximum absolute atomic E-state index is 13.0. The topological polar surface area (TPSA) is 72.5 Å². The van der Waals surface area contributed by atoms with E-state index < -0.39 is 10.0 Å². The lowest BCUT2D eigenvalue weighted by molar-refractivity contribution is 0.103. The van der Waals surface area contributed by atoms with Gasteiger partial charge in [0.05, 0.1) is 10.6 Å². The fourth-order valence-electron chi connectivity index (χ4n) is 3.20. The zero-order valence-electron chi connectivity index (χ0n) is 17.4. The predicted molar refractivity (Wildman–Crippen MR) is 129 cm³/mol. The van der Waals surface area contributed by atoms with Crippen LogP contribution in [-0.2, 0) is 16.6 Å². The molecule has 5 nitrogen and oxygen atoms in total. The Balaban J connectivity index is 1.53. The standard InChI is InChI=1S/C26H20ClNO4S/c27-21-11-16-25(24(17-21)26(29)20-9-5-2-6-10-20)28-33(30,31)23-14-12-22(13-15-23)32-18-19-7-3-1-4-8-19/h1-17,28H,18H2. The molecule has 0 heterocycles. The first-order valence-electron chi connectivity index (χ1n) is 10.1. The molecule has 0 atom stereocenters. The molecular weight excluding hydrogens is 458 g/mol. The normalized spacial score (nSPS) is 11.1. The second kappa shape index (κ2) is 9.90. The molecule has 0 amide bonds. The Morgan fingerprint density at radius 2 is 1.45 bits per heavy atom. The lowest BCUT2D eigenvalue weighted by atomic mass is 10.0. The van der Waals surface area contributed by atoms with E-state index >= 15 is 0 Å². The van der Waals surface area contributed by atoms with Crippen molar-refractivity contribution in [2.75, 3.05) is 4.72 Å². The average molecular weight is 478 g/mol. The van der Waals surface area contributed by atoms with Gasteiger partial charge in [0.1, 0.15) is 12.4 Å². The maximum Gasteiger partial charge on any atom is 0.261 e. The minimum absolute atomic E-state index is 0.0441. The number of hydrogen-bond donors (Lipinski definition) is 1. The fourth-order valence-corrected chi connectivity index (χ4v) is 4.45. The van der Waals surface area contributed by atoms with Crippen molar-refractivity contribution < 1.29 is 17.9 Å². The Bertz CT molecular complexity index is 1360. The summed E-state index contributed by atoms with van der Waals surface area (Å²) in [5, 5.41) is 0.331. The third-order valence-electron chi connectivity index (χ3n) is 4.89. The summed E-state index contributed by atoms with van der Waals surface area (Å²) in [6.07, 6.45) is 0. The first-order valence-corrected chi connectivity index (χ1v) is 12.0. The molecule has 166 valence electrons. The van der Waals surface area contributed by atoms with Gasteiger partial charge in [-0.05, 0) is 48.0 Å². The summed E-state index contributed by atoms with van der Waals surface area (Å²) in [7, 11) is -3.95. The number of rotatable bonds is 8. The Morgan fingerprint density at radius 3 is 2.12 bits per heavy atom. The van der Waals surface area contributed by atoms with Gasteiger partial charge in [-0.25, -0.2) is 8.42 Å². The quantitative estimate of drug-likeness (QED) is 0.318. The van der Waals surface area contributed by atoms with Crippen LogP contribution in [0.4, 0.5) is 5.69 Å². The monoisotopic (exact) mass is 477 g/mol. The number of benzene rings is 4. The molecule has 0 saturated heterocycles. The van der Waals surface area contributed by atoms with Crippen molar-refractivity contribution in [1.29, 1.82) is 0 Å². The number of anilines is 1. The molecule has 0 aromatic heterocycles. The lowest BCUT2D eigenvalue weighted by Gasteiger charge is -2.13. The number of halogens is 1. The van der Waals surface area contributed by atoms with E-state index in [0.717, 1.165) is 5.56 Å². The average Bonchev–Trinajstić information content (AvgIpc) is 2.85. The highest BCUT2D eigenvalue weighted by atomic mass is 35.5. The molecule has 0 aliphatic heterocycles. The molecule has 0 saturated carbocycles. The molecule has 0 aliphatic rings. The van der Waals surface area contributed by atoms with E-state index in [0.29, 0.717) is 22.9 Å². The van der Waals surface area contributed by atoms with E-state index in [1.807, 2.05) is 30.3 Å². The van der Waals surface area contributed by atoms with E-state index in [1.54, 1.807) is 42.5 Å². The minimum Gasteiger partial charge on any atom is -0.489 e. The van der Waals surface area contributed by atoms with Crippen LogP contribution in [0.15, 0.2) is 108 Å². The molecule has 0 bridgehead atoms. The van der Waals surface area contributed by atoms with E-state index in [9.17, 15) is 13.2 Å². The van der Waals surface area contributed by atoms with Gasteiger partial charge in [0.25, 0.3) is 10.0 Å². The number of nitrogens with one attached hydrogen (secondary N) is 1. The van der Waals surface area contributed by atoms with Crippen LogP contribution >= 0.6 is 11.6 Å².